The van der Waals surface area contributed by atoms with Crippen LogP contribution in [0.3, 0.4) is 0 Å². The van der Waals surface area contributed by atoms with E-state index in [0.717, 1.165) is 26.1 Å². The highest BCUT2D eigenvalue weighted by atomic mass is 16.4. The topological polar surface area (TPSA) is 52.6 Å². The van der Waals surface area contributed by atoms with Crippen LogP contribution in [0.2, 0.25) is 0 Å². The van der Waals surface area contributed by atoms with Gasteiger partial charge in [-0.25, -0.2) is 0 Å². The highest BCUT2D eigenvalue weighted by molar-refractivity contribution is 5.73. The van der Waals surface area contributed by atoms with Gasteiger partial charge in [0.05, 0.1) is 0 Å². The smallest absolute Gasteiger partial charge is 0.320 e. The Kier molecular flexibility index (Phi) is 7.26. The van der Waals surface area contributed by atoms with Crippen molar-refractivity contribution in [3.63, 3.8) is 0 Å². The highest BCUT2D eigenvalue weighted by Crippen LogP contribution is 2.04. The van der Waals surface area contributed by atoms with Crippen LogP contribution in [0.4, 0.5) is 0 Å². The van der Waals surface area contributed by atoms with Gasteiger partial charge in [0, 0.05) is 6.54 Å². The second-order valence-corrected chi connectivity index (χ2v) is 5.59. The average Bonchev–Trinajstić information content (AvgIpc) is 2.38. The second-order valence-electron chi connectivity index (χ2n) is 5.59. The molecule has 0 bridgehead atoms. The Bertz CT molecular complexity index is 393. The molecule has 0 saturated carbocycles. The van der Waals surface area contributed by atoms with E-state index in [9.17, 15) is 4.79 Å². The van der Waals surface area contributed by atoms with Crippen molar-refractivity contribution in [1.82, 2.24) is 10.2 Å². The fraction of sp³-hybridized carbons (Fsp3) is 0.562. The van der Waals surface area contributed by atoms with Crippen LogP contribution in [0.1, 0.15) is 25.8 Å². The van der Waals surface area contributed by atoms with Gasteiger partial charge in [-0.05, 0) is 38.0 Å². The maximum atomic E-state index is 11.0. The van der Waals surface area contributed by atoms with Crippen LogP contribution in [-0.4, -0.2) is 42.2 Å². The van der Waals surface area contributed by atoms with Crippen molar-refractivity contribution in [2.45, 2.75) is 32.9 Å². The molecule has 0 heterocycles. The van der Waals surface area contributed by atoms with E-state index >= 15 is 0 Å². The summed E-state index contributed by atoms with van der Waals surface area (Å²) in [5.41, 5.74) is 1.30. The molecule has 0 aliphatic rings. The molecule has 2 N–H and O–H groups in total. The SMILES string of the molecule is CC(C)C(NCCCN(C)Cc1ccccc1)C(=O)O. The molecule has 0 aromatic heterocycles. The molecule has 0 amide bonds. The normalized spacial score (nSPS) is 12.8. The maximum absolute atomic E-state index is 11.0. The zero-order valence-electron chi connectivity index (χ0n) is 12.7. The number of carbonyl (C=O) groups is 1. The predicted molar refractivity (Wildman–Crippen MR) is 81.7 cm³/mol. The van der Waals surface area contributed by atoms with E-state index in [1.165, 1.54) is 5.56 Å². The van der Waals surface area contributed by atoms with Gasteiger partial charge in [-0.3, -0.25) is 4.79 Å². The van der Waals surface area contributed by atoms with Crippen molar-refractivity contribution in [3.8, 4) is 0 Å². The van der Waals surface area contributed by atoms with Crippen molar-refractivity contribution in [2.24, 2.45) is 5.92 Å². The Morgan fingerprint density at radius 1 is 1.30 bits per heavy atom. The van der Waals surface area contributed by atoms with Gasteiger partial charge in [-0.15, -0.1) is 0 Å². The van der Waals surface area contributed by atoms with Gasteiger partial charge >= 0.3 is 5.97 Å². The summed E-state index contributed by atoms with van der Waals surface area (Å²) in [5.74, 6) is -0.660. The Labute approximate surface area is 121 Å². The predicted octanol–water partition coefficient (Wildman–Crippen LogP) is 2.21. The lowest BCUT2D eigenvalue weighted by Crippen LogP contribution is -2.41. The molecule has 0 spiro atoms. The number of carboxylic acid groups (broad SMARTS) is 1. The third-order valence-corrected chi connectivity index (χ3v) is 3.31. The van der Waals surface area contributed by atoms with Gasteiger partial charge in [0.2, 0.25) is 0 Å². The number of nitrogens with one attached hydrogen (secondary N) is 1. The van der Waals surface area contributed by atoms with E-state index in [0.29, 0.717) is 0 Å². The second kappa shape index (κ2) is 8.72. The minimum Gasteiger partial charge on any atom is -0.480 e. The van der Waals surface area contributed by atoms with E-state index in [-0.39, 0.29) is 5.92 Å². The lowest BCUT2D eigenvalue weighted by Gasteiger charge is -2.20. The zero-order valence-corrected chi connectivity index (χ0v) is 12.7. The van der Waals surface area contributed by atoms with E-state index < -0.39 is 12.0 Å². The molecule has 0 aliphatic carbocycles. The molecular formula is C16H26N2O2. The molecule has 0 fully saturated rings. The highest BCUT2D eigenvalue weighted by Gasteiger charge is 2.19. The molecule has 1 atom stereocenters. The molecule has 1 aromatic rings. The summed E-state index contributed by atoms with van der Waals surface area (Å²) in [7, 11) is 2.09. The first kappa shape index (κ1) is 16.7. The largest absolute Gasteiger partial charge is 0.480 e. The Morgan fingerprint density at radius 3 is 2.50 bits per heavy atom. The first-order valence-corrected chi connectivity index (χ1v) is 7.19. The number of rotatable bonds is 9. The van der Waals surface area contributed by atoms with Crippen LogP contribution in [0.15, 0.2) is 30.3 Å². The molecule has 1 rings (SSSR count). The standard InChI is InChI=1S/C16H26N2O2/c1-13(2)15(16(19)20)17-10-7-11-18(3)12-14-8-5-4-6-9-14/h4-6,8-9,13,15,17H,7,10-12H2,1-3H3,(H,19,20). The third-order valence-electron chi connectivity index (χ3n) is 3.31. The molecule has 0 aliphatic heterocycles. The Morgan fingerprint density at radius 2 is 1.95 bits per heavy atom. The summed E-state index contributed by atoms with van der Waals surface area (Å²) >= 11 is 0. The average molecular weight is 278 g/mol. The van der Waals surface area contributed by atoms with Crippen LogP contribution in [-0.2, 0) is 11.3 Å². The van der Waals surface area contributed by atoms with E-state index in [1.54, 1.807) is 0 Å². The van der Waals surface area contributed by atoms with Crippen LogP contribution in [0.25, 0.3) is 0 Å². The van der Waals surface area contributed by atoms with Gasteiger partial charge in [0.15, 0.2) is 0 Å². The molecular weight excluding hydrogens is 252 g/mol. The summed E-state index contributed by atoms with van der Waals surface area (Å²) in [5, 5.41) is 12.2. The van der Waals surface area contributed by atoms with Crippen LogP contribution in [0, 0.1) is 5.92 Å². The van der Waals surface area contributed by atoms with Crippen LogP contribution >= 0.6 is 0 Å². The van der Waals surface area contributed by atoms with E-state index in [2.05, 4.69) is 29.4 Å². The van der Waals surface area contributed by atoms with Crippen molar-refractivity contribution in [1.29, 1.82) is 0 Å². The number of aliphatic carboxylic acids is 1. The summed E-state index contributed by atoms with van der Waals surface area (Å²) in [6.07, 6.45) is 0.944. The Hall–Kier alpha value is -1.39. The van der Waals surface area contributed by atoms with Gasteiger partial charge in [-0.1, -0.05) is 44.2 Å². The summed E-state index contributed by atoms with van der Waals surface area (Å²) in [6, 6.07) is 9.90. The fourth-order valence-corrected chi connectivity index (χ4v) is 2.19. The lowest BCUT2D eigenvalue weighted by atomic mass is 10.0. The fourth-order valence-electron chi connectivity index (χ4n) is 2.19. The molecule has 4 heteroatoms. The summed E-state index contributed by atoms with van der Waals surface area (Å²) in [4.78, 5) is 13.3. The van der Waals surface area contributed by atoms with Crippen molar-refractivity contribution < 1.29 is 9.90 Å². The summed E-state index contributed by atoms with van der Waals surface area (Å²) < 4.78 is 0. The van der Waals surface area contributed by atoms with Crippen molar-refractivity contribution >= 4 is 5.97 Å². The maximum Gasteiger partial charge on any atom is 0.320 e. The molecule has 1 aromatic carbocycles. The van der Waals surface area contributed by atoms with Crippen molar-refractivity contribution in [2.75, 3.05) is 20.1 Å². The molecule has 20 heavy (non-hydrogen) atoms. The number of nitrogens with zero attached hydrogens (tertiary/aromatic N) is 1. The quantitative estimate of drug-likeness (QED) is 0.680. The monoisotopic (exact) mass is 278 g/mol. The first-order valence-electron chi connectivity index (χ1n) is 7.19. The zero-order chi connectivity index (χ0) is 15.0. The number of hydrogen-bond acceptors (Lipinski definition) is 3. The number of carboxylic acids is 1. The molecule has 0 saturated heterocycles. The first-order chi connectivity index (χ1) is 9.50. The van der Waals surface area contributed by atoms with Gasteiger partial charge in [0.25, 0.3) is 0 Å². The number of hydrogen-bond donors (Lipinski definition) is 2. The van der Waals surface area contributed by atoms with Crippen LogP contribution < -0.4 is 5.32 Å². The Balaban J connectivity index is 2.22. The van der Waals surface area contributed by atoms with Crippen LogP contribution in [0.5, 0.6) is 0 Å². The molecule has 1 unspecified atom stereocenters. The van der Waals surface area contributed by atoms with Crippen molar-refractivity contribution in [3.05, 3.63) is 35.9 Å². The van der Waals surface area contributed by atoms with E-state index in [4.69, 9.17) is 5.11 Å². The summed E-state index contributed by atoms with van der Waals surface area (Å²) in [6.45, 7) is 6.45. The minimum atomic E-state index is -0.766. The lowest BCUT2D eigenvalue weighted by molar-refractivity contribution is -0.140. The van der Waals surface area contributed by atoms with Gasteiger partial charge in [0.1, 0.15) is 6.04 Å². The van der Waals surface area contributed by atoms with E-state index in [1.807, 2.05) is 32.0 Å². The number of benzene rings is 1. The molecule has 0 radical (unpaired) electrons. The van der Waals surface area contributed by atoms with Gasteiger partial charge < -0.3 is 15.3 Å². The minimum absolute atomic E-state index is 0.106. The molecule has 112 valence electrons. The third kappa shape index (κ3) is 6.17. The molecule has 4 nitrogen and oxygen atoms in total. The van der Waals surface area contributed by atoms with Gasteiger partial charge in [-0.2, -0.15) is 0 Å².